The molecule has 0 aromatic carbocycles. The zero-order valence-corrected chi connectivity index (χ0v) is 10.1. The average molecular weight is 237 g/mol. The largest absolute Gasteiger partial charge is 0.288 e. The van der Waals surface area contributed by atoms with Gasteiger partial charge in [-0.1, -0.05) is 23.5 Å². The molecule has 2 unspecified atom stereocenters. The standard InChI is InChI=1S/C7H11NS4/c1-7(4-11-7)10-3-5-2-9-6(8)12-5/h5,8H,2-4H2,1H3. The second-order valence-corrected chi connectivity index (χ2v) is 8.93. The SMILES string of the molecule is CC1(SCC2CSC(=N)S2)CS1. The van der Waals surface area contributed by atoms with Crippen molar-refractivity contribution in [1.82, 2.24) is 0 Å². The molecular formula is C7H11NS4. The highest BCUT2D eigenvalue weighted by Crippen LogP contribution is 2.54. The molecule has 2 rings (SSSR count). The smallest absolute Gasteiger partial charge is 0.122 e. The summed E-state index contributed by atoms with van der Waals surface area (Å²) in [7, 11) is 0. The lowest BCUT2D eigenvalue weighted by Gasteiger charge is -2.09. The molecule has 2 saturated heterocycles. The van der Waals surface area contributed by atoms with Gasteiger partial charge in [-0.2, -0.15) is 0 Å². The summed E-state index contributed by atoms with van der Waals surface area (Å²) in [6.07, 6.45) is 0. The molecule has 2 atom stereocenters. The first kappa shape index (κ1) is 9.62. The van der Waals surface area contributed by atoms with E-state index in [2.05, 4.69) is 18.7 Å². The lowest BCUT2D eigenvalue weighted by atomic mass is 10.5. The summed E-state index contributed by atoms with van der Waals surface area (Å²) in [5, 5.41) is 8.14. The van der Waals surface area contributed by atoms with Gasteiger partial charge in [0.2, 0.25) is 0 Å². The third kappa shape index (κ3) is 2.53. The van der Waals surface area contributed by atoms with Gasteiger partial charge >= 0.3 is 0 Å². The topological polar surface area (TPSA) is 23.9 Å². The van der Waals surface area contributed by atoms with E-state index in [1.807, 2.05) is 11.8 Å². The molecule has 2 aliphatic rings. The monoisotopic (exact) mass is 237 g/mol. The normalized spacial score (nSPS) is 40.4. The lowest BCUT2D eigenvalue weighted by Crippen LogP contribution is -2.08. The maximum atomic E-state index is 7.44. The van der Waals surface area contributed by atoms with Crippen LogP contribution in [0.1, 0.15) is 6.92 Å². The zero-order chi connectivity index (χ0) is 8.60. The van der Waals surface area contributed by atoms with E-state index in [-0.39, 0.29) is 0 Å². The Labute approximate surface area is 90.1 Å². The van der Waals surface area contributed by atoms with Crippen molar-refractivity contribution in [2.75, 3.05) is 17.3 Å². The number of rotatable bonds is 3. The van der Waals surface area contributed by atoms with Gasteiger partial charge in [-0.05, 0) is 6.92 Å². The molecule has 1 nitrogen and oxygen atoms in total. The molecule has 0 bridgehead atoms. The van der Waals surface area contributed by atoms with Crippen LogP contribution in [0.2, 0.25) is 0 Å². The van der Waals surface area contributed by atoms with Crippen LogP contribution in [-0.4, -0.2) is 31.0 Å². The number of nitrogens with one attached hydrogen (secondary N) is 1. The number of hydrogen-bond acceptors (Lipinski definition) is 5. The molecule has 0 saturated carbocycles. The van der Waals surface area contributed by atoms with Crippen LogP contribution in [-0.2, 0) is 0 Å². The van der Waals surface area contributed by atoms with Crippen LogP contribution in [0.4, 0.5) is 0 Å². The van der Waals surface area contributed by atoms with E-state index in [1.165, 1.54) is 11.5 Å². The van der Waals surface area contributed by atoms with E-state index in [1.54, 1.807) is 23.5 Å². The first-order valence-corrected chi connectivity index (χ1v) is 7.67. The van der Waals surface area contributed by atoms with Crippen molar-refractivity contribution in [2.45, 2.75) is 16.3 Å². The predicted octanol–water partition coefficient (Wildman–Crippen LogP) is 2.97. The van der Waals surface area contributed by atoms with Crippen molar-refractivity contribution in [3.63, 3.8) is 0 Å². The maximum absolute atomic E-state index is 7.44. The van der Waals surface area contributed by atoms with Crippen molar-refractivity contribution in [3.8, 4) is 0 Å². The first-order valence-electron chi connectivity index (χ1n) is 3.84. The fourth-order valence-electron chi connectivity index (χ4n) is 0.924. The molecule has 5 heteroatoms. The fraction of sp³-hybridized carbons (Fsp3) is 0.857. The van der Waals surface area contributed by atoms with Gasteiger partial charge in [0, 0.05) is 22.5 Å². The van der Waals surface area contributed by atoms with E-state index < -0.39 is 0 Å². The van der Waals surface area contributed by atoms with Crippen LogP contribution >= 0.6 is 47.0 Å². The highest BCUT2D eigenvalue weighted by atomic mass is 32.2. The van der Waals surface area contributed by atoms with Crippen LogP contribution in [0.5, 0.6) is 0 Å². The molecule has 68 valence electrons. The minimum Gasteiger partial charge on any atom is -0.288 e. The van der Waals surface area contributed by atoms with Gasteiger partial charge in [0.15, 0.2) is 0 Å². The molecule has 2 fully saturated rings. The van der Waals surface area contributed by atoms with Crippen molar-refractivity contribution >= 4 is 51.4 Å². The third-order valence-corrected chi connectivity index (χ3v) is 7.92. The van der Waals surface area contributed by atoms with E-state index in [0.29, 0.717) is 9.33 Å². The lowest BCUT2D eigenvalue weighted by molar-refractivity contribution is 1.11. The van der Waals surface area contributed by atoms with E-state index in [0.717, 1.165) is 10.1 Å². The molecule has 0 aromatic heterocycles. The summed E-state index contributed by atoms with van der Waals surface area (Å²) >= 11 is 7.58. The summed E-state index contributed by atoms with van der Waals surface area (Å²) in [5.74, 6) is 3.69. The van der Waals surface area contributed by atoms with Gasteiger partial charge in [0.1, 0.15) is 4.38 Å². The van der Waals surface area contributed by atoms with Crippen LogP contribution in [0, 0.1) is 5.41 Å². The van der Waals surface area contributed by atoms with Crippen LogP contribution in [0.25, 0.3) is 0 Å². The quantitative estimate of drug-likeness (QED) is 0.763. The summed E-state index contributed by atoms with van der Waals surface area (Å²) in [5.41, 5.74) is 0. The van der Waals surface area contributed by atoms with Gasteiger partial charge in [0.25, 0.3) is 0 Å². The Morgan fingerprint density at radius 3 is 3.00 bits per heavy atom. The maximum Gasteiger partial charge on any atom is 0.122 e. The highest BCUT2D eigenvalue weighted by Gasteiger charge is 2.40. The van der Waals surface area contributed by atoms with Crippen LogP contribution < -0.4 is 0 Å². The molecule has 0 amide bonds. The van der Waals surface area contributed by atoms with Gasteiger partial charge in [0.05, 0.1) is 4.08 Å². The Kier molecular flexibility index (Phi) is 2.94. The van der Waals surface area contributed by atoms with Gasteiger partial charge in [-0.15, -0.1) is 23.5 Å². The molecule has 0 aromatic rings. The van der Waals surface area contributed by atoms with Gasteiger partial charge in [-0.3, -0.25) is 5.41 Å². The fourth-order valence-corrected chi connectivity index (χ4v) is 5.58. The van der Waals surface area contributed by atoms with Crippen LogP contribution in [0.3, 0.4) is 0 Å². The van der Waals surface area contributed by atoms with E-state index in [4.69, 9.17) is 5.41 Å². The second-order valence-electron chi connectivity index (χ2n) is 3.07. The zero-order valence-electron chi connectivity index (χ0n) is 6.83. The third-order valence-electron chi connectivity index (χ3n) is 1.80. The minimum absolute atomic E-state index is 0.538. The van der Waals surface area contributed by atoms with E-state index >= 15 is 0 Å². The molecule has 12 heavy (non-hydrogen) atoms. The minimum atomic E-state index is 0.538. The Bertz CT molecular complexity index is 202. The van der Waals surface area contributed by atoms with Crippen molar-refractivity contribution in [3.05, 3.63) is 0 Å². The van der Waals surface area contributed by atoms with Crippen molar-refractivity contribution in [1.29, 1.82) is 5.41 Å². The van der Waals surface area contributed by atoms with Crippen LogP contribution in [0.15, 0.2) is 0 Å². The first-order chi connectivity index (χ1) is 5.68. The Morgan fingerprint density at radius 2 is 2.50 bits per heavy atom. The molecule has 2 aliphatic heterocycles. The molecule has 0 aliphatic carbocycles. The molecule has 0 spiro atoms. The van der Waals surface area contributed by atoms with Crippen molar-refractivity contribution in [2.24, 2.45) is 0 Å². The number of hydrogen-bond donors (Lipinski definition) is 1. The average Bonchev–Trinajstić information content (AvgIpc) is 2.60. The summed E-state index contributed by atoms with van der Waals surface area (Å²) < 4.78 is 1.35. The molecule has 0 radical (unpaired) electrons. The summed E-state index contributed by atoms with van der Waals surface area (Å²) in [6, 6.07) is 0. The van der Waals surface area contributed by atoms with Gasteiger partial charge < -0.3 is 0 Å². The number of thioether (sulfide) groups is 4. The Hall–Kier alpha value is 1.07. The Morgan fingerprint density at radius 1 is 1.75 bits per heavy atom. The second kappa shape index (κ2) is 3.67. The van der Waals surface area contributed by atoms with E-state index in [9.17, 15) is 0 Å². The molecule has 1 N–H and O–H groups in total. The summed E-state index contributed by atoms with van der Waals surface area (Å²) in [4.78, 5) is 0. The summed E-state index contributed by atoms with van der Waals surface area (Å²) in [6.45, 7) is 2.32. The van der Waals surface area contributed by atoms with Gasteiger partial charge in [-0.25, -0.2) is 0 Å². The molecular weight excluding hydrogens is 226 g/mol. The van der Waals surface area contributed by atoms with Crippen molar-refractivity contribution < 1.29 is 0 Å². The predicted molar refractivity (Wildman–Crippen MR) is 64.9 cm³/mol. The Balaban J connectivity index is 1.70. The highest BCUT2D eigenvalue weighted by molar-refractivity contribution is 8.41. The molecule has 2 heterocycles.